The van der Waals surface area contributed by atoms with Crippen LogP contribution in [0.1, 0.15) is 34.1 Å². The quantitative estimate of drug-likeness (QED) is 0.831. The molecule has 0 amide bonds. The molecule has 1 saturated heterocycles. The predicted octanol–water partition coefficient (Wildman–Crippen LogP) is 3.51. The predicted molar refractivity (Wildman–Crippen MR) is 65.6 cm³/mol. The van der Waals surface area contributed by atoms with E-state index in [0.717, 1.165) is 6.42 Å². The second-order valence-corrected chi connectivity index (χ2v) is 6.16. The molecule has 1 fully saturated rings. The lowest BCUT2D eigenvalue weighted by Gasteiger charge is -2.28. The molecule has 0 aliphatic carbocycles. The van der Waals surface area contributed by atoms with Crippen molar-refractivity contribution in [2.24, 2.45) is 0 Å². The van der Waals surface area contributed by atoms with Crippen molar-refractivity contribution in [2.75, 3.05) is 5.32 Å². The van der Waals surface area contributed by atoms with Crippen molar-refractivity contribution in [1.82, 2.24) is 0 Å². The maximum Gasteiger partial charge on any atom is 0.0834 e. The summed E-state index contributed by atoms with van der Waals surface area (Å²) in [6, 6.07) is 2.51. The van der Waals surface area contributed by atoms with E-state index in [0.29, 0.717) is 6.04 Å². The molecule has 1 atom stereocenters. The molecule has 1 unspecified atom stereocenters. The van der Waals surface area contributed by atoms with Gasteiger partial charge in [-0.25, -0.2) is 0 Å². The summed E-state index contributed by atoms with van der Waals surface area (Å²) >= 11 is 1.72. The van der Waals surface area contributed by atoms with Crippen LogP contribution in [0.4, 0.5) is 5.69 Å². The third-order valence-electron chi connectivity index (χ3n) is 2.94. The van der Waals surface area contributed by atoms with Crippen molar-refractivity contribution < 1.29 is 4.74 Å². The van der Waals surface area contributed by atoms with Gasteiger partial charge in [0.25, 0.3) is 0 Å². The maximum atomic E-state index is 6.04. The SMILES string of the molecule is CC1(C)CC(Nc2ccsc2)C(C)(C)O1. The first-order chi connectivity index (χ1) is 6.89. The molecular formula is C12H19NOS. The van der Waals surface area contributed by atoms with E-state index in [-0.39, 0.29) is 11.2 Å². The van der Waals surface area contributed by atoms with Crippen molar-refractivity contribution >= 4 is 17.0 Å². The third kappa shape index (κ3) is 2.34. The van der Waals surface area contributed by atoms with E-state index in [2.05, 4.69) is 49.8 Å². The summed E-state index contributed by atoms with van der Waals surface area (Å²) in [6.07, 6.45) is 1.05. The van der Waals surface area contributed by atoms with Gasteiger partial charge in [0.05, 0.1) is 17.2 Å². The van der Waals surface area contributed by atoms with Crippen LogP contribution in [0.25, 0.3) is 0 Å². The lowest BCUT2D eigenvalue weighted by Crippen LogP contribution is -2.38. The molecule has 0 aromatic carbocycles. The Hall–Kier alpha value is -0.540. The molecule has 1 aliphatic heterocycles. The average molecular weight is 225 g/mol. The molecule has 84 valence electrons. The fourth-order valence-corrected chi connectivity index (χ4v) is 2.93. The maximum absolute atomic E-state index is 6.04. The number of ether oxygens (including phenoxy) is 1. The third-order valence-corrected chi connectivity index (χ3v) is 3.62. The molecule has 1 aromatic heterocycles. The van der Waals surface area contributed by atoms with E-state index in [4.69, 9.17) is 4.74 Å². The summed E-state index contributed by atoms with van der Waals surface area (Å²) in [5.41, 5.74) is 1.10. The topological polar surface area (TPSA) is 21.3 Å². The fraction of sp³-hybridized carbons (Fsp3) is 0.667. The Bertz CT molecular complexity index is 329. The monoisotopic (exact) mass is 225 g/mol. The van der Waals surface area contributed by atoms with Gasteiger partial charge in [0, 0.05) is 11.1 Å². The fourth-order valence-electron chi connectivity index (χ4n) is 2.33. The normalized spacial score (nSPS) is 27.9. The summed E-state index contributed by atoms with van der Waals surface area (Å²) in [5.74, 6) is 0. The number of anilines is 1. The molecule has 2 rings (SSSR count). The highest BCUT2D eigenvalue weighted by Gasteiger charge is 2.45. The van der Waals surface area contributed by atoms with Gasteiger partial charge < -0.3 is 10.1 Å². The van der Waals surface area contributed by atoms with Gasteiger partial charge in [-0.05, 0) is 45.6 Å². The summed E-state index contributed by atoms with van der Waals surface area (Å²) in [7, 11) is 0. The Morgan fingerprint density at radius 3 is 2.60 bits per heavy atom. The lowest BCUT2D eigenvalue weighted by atomic mass is 9.94. The zero-order valence-electron chi connectivity index (χ0n) is 9.83. The highest BCUT2D eigenvalue weighted by atomic mass is 32.1. The Morgan fingerprint density at radius 2 is 2.13 bits per heavy atom. The molecule has 15 heavy (non-hydrogen) atoms. The molecule has 0 saturated carbocycles. The van der Waals surface area contributed by atoms with Gasteiger partial charge in [-0.1, -0.05) is 0 Å². The number of nitrogens with one attached hydrogen (secondary N) is 1. The Kier molecular flexibility index (Phi) is 2.55. The standard InChI is InChI=1S/C12H19NOS/c1-11(2)7-10(12(3,4)14-11)13-9-5-6-15-8-9/h5-6,8,10,13H,7H2,1-4H3. The summed E-state index contributed by atoms with van der Waals surface area (Å²) in [4.78, 5) is 0. The molecule has 0 spiro atoms. The zero-order valence-corrected chi connectivity index (χ0v) is 10.6. The Morgan fingerprint density at radius 1 is 1.40 bits per heavy atom. The van der Waals surface area contributed by atoms with Gasteiger partial charge >= 0.3 is 0 Å². The van der Waals surface area contributed by atoms with Crippen LogP contribution in [0.3, 0.4) is 0 Å². The van der Waals surface area contributed by atoms with Crippen LogP contribution in [0.5, 0.6) is 0 Å². The first-order valence-corrected chi connectivity index (χ1v) is 6.32. The molecule has 1 aliphatic rings. The number of rotatable bonds is 2. The van der Waals surface area contributed by atoms with Crippen molar-refractivity contribution in [3.63, 3.8) is 0 Å². The molecule has 3 heteroatoms. The minimum absolute atomic E-state index is 0.0167. The second-order valence-electron chi connectivity index (χ2n) is 5.38. The van der Waals surface area contributed by atoms with Crippen LogP contribution in [-0.2, 0) is 4.74 Å². The van der Waals surface area contributed by atoms with Crippen LogP contribution in [0, 0.1) is 0 Å². The zero-order chi connectivity index (χ0) is 11.1. The molecule has 0 radical (unpaired) electrons. The van der Waals surface area contributed by atoms with Gasteiger partial charge in [0.1, 0.15) is 0 Å². The van der Waals surface area contributed by atoms with E-state index in [1.807, 2.05) is 0 Å². The lowest BCUT2D eigenvalue weighted by molar-refractivity contribution is -0.0662. The van der Waals surface area contributed by atoms with Crippen LogP contribution < -0.4 is 5.32 Å². The van der Waals surface area contributed by atoms with Crippen molar-refractivity contribution in [3.05, 3.63) is 16.8 Å². The van der Waals surface area contributed by atoms with Gasteiger partial charge in [0.2, 0.25) is 0 Å². The van der Waals surface area contributed by atoms with Crippen molar-refractivity contribution in [3.8, 4) is 0 Å². The minimum atomic E-state index is -0.0918. The molecule has 2 heterocycles. The number of hydrogen-bond acceptors (Lipinski definition) is 3. The van der Waals surface area contributed by atoms with Crippen LogP contribution in [0.2, 0.25) is 0 Å². The highest BCUT2D eigenvalue weighted by molar-refractivity contribution is 7.08. The van der Waals surface area contributed by atoms with E-state index in [1.54, 1.807) is 11.3 Å². The Balaban J connectivity index is 2.10. The molecular weight excluding hydrogens is 206 g/mol. The number of hydrogen-bond donors (Lipinski definition) is 1. The highest BCUT2D eigenvalue weighted by Crippen LogP contribution is 2.38. The summed E-state index contributed by atoms with van der Waals surface area (Å²) in [6.45, 7) is 8.63. The van der Waals surface area contributed by atoms with Crippen molar-refractivity contribution in [2.45, 2.75) is 51.4 Å². The van der Waals surface area contributed by atoms with E-state index < -0.39 is 0 Å². The van der Waals surface area contributed by atoms with Crippen LogP contribution in [-0.4, -0.2) is 17.2 Å². The van der Waals surface area contributed by atoms with Gasteiger partial charge in [-0.2, -0.15) is 11.3 Å². The summed E-state index contributed by atoms with van der Waals surface area (Å²) in [5, 5.41) is 7.79. The van der Waals surface area contributed by atoms with Crippen LogP contribution >= 0.6 is 11.3 Å². The van der Waals surface area contributed by atoms with Gasteiger partial charge in [-0.15, -0.1) is 0 Å². The molecule has 0 bridgehead atoms. The molecule has 1 N–H and O–H groups in total. The molecule has 1 aromatic rings. The summed E-state index contributed by atoms with van der Waals surface area (Å²) < 4.78 is 6.04. The first kappa shape index (κ1) is 11.0. The molecule has 2 nitrogen and oxygen atoms in total. The second kappa shape index (κ2) is 3.49. The van der Waals surface area contributed by atoms with Gasteiger partial charge in [0.15, 0.2) is 0 Å². The first-order valence-electron chi connectivity index (χ1n) is 5.38. The smallest absolute Gasteiger partial charge is 0.0834 e. The van der Waals surface area contributed by atoms with Crippen molar-refractivity contribution in [1.29, 1.82) is 0 Å². The van der Waals surface area contributed by atoms with E-state index in [1.165, 1.54) is 5.69 Å². The van der Waals surface area contributed by atoms with E-state index >= 15 is 0 Å². The largest absolute Gasteiger partial charge is 0.379 e. The number of thiophene rings is 1. The minimum Gasteiger partial charge on any atom is -0.379 e. The van der Waals surface area contributed by atoms with Crippen LogP contribution in [0.15, 0.2) is 16.8 Å². The van der Waals surface area contributed by atoms with Gasteiger partial charge in [-0.3, -0.25) is 0 Å². The Labute approximate surface area is 95.6 Å². The average Bonchev–Trinajstić information content (AvgIpc) is 2.58. The van der Waals surface area contributed by atoms with E-state index in [9.17, 15) is 0 Å².